The van der Waals surface area contributed by atoms with E-state index in [0.29, 0.717) is 5.56 Å². The molecule has 0 aliphatic carbocycles. The summed E-state index contributed by atoms with van der Waals surface area (Å²) in [5, 5.41) is 11.0. The van der Waals surface area contributed by atoms with E-state index < -0.39 is 17.7 Å². The number of halogens is 1. The summed E-state index contributed by atoms with van der Waals surface area (Å²) in [7, 11) is 0. The molecule has 21 heavy (non-hydrogen) atoms. The highest BCUT2D eigenvalue weighted by atomic mass is 19.1. The van der Waals surface area contributed by atoms with Crippen LogP contribution >= 0.6 is 0 Å². The maximum absolute atomic E-state index is 13.5. The van der Waals surface area contributed by atoms with Crippen LogP contribution in [0.5, 0.6) is 0 Å². The Morgan fingerprint density at radius 3 is 2.67 bits per heavy atom. The molecule has 0 fully saturated rings. The molecule has 0 aliphatic heterocycles. The lowest BCUT2D eigenvalue weighted by molar-refractivity contribution is -0.131. The molecule has 1 amide bonds. The predicted molar refractivity (Wildman–Crippen MR) is 75.3 cm³/mol. The molecule has 0 saturated heterocycles. The summed E-state index contributed by atoms with van der Waals surface area (Å²) < 4.78 is 13.5. The number of nitrogens with zero attached hydrogens (tertiary/aromatic N) is 1. The third-order valence-corrected chi connectivity index (χ3v) is 2.58. The lowest BCUT2D eigenvalue weighted by atomic mass is 10.1. The summed E-state index contributed by atoms with van der Waals surface area (Å²) in [6.07, 6.45) is 3.55. The average molecular weight is 286 g/mol. The van der Waals surface area contributed by atoms with Crippen LogP contribution in [0.25, 0.3) is 6.08 Å². The topological polar surface area (TPSA) is 79.3 Å². The van der Waals surface area contributed by atoms with Crippen molar-refractivity contribution in [1.82, 2.24) is 4.98 Å². The number of aromatic nitrogens is 1. The molecule has 6 heteroatoms. The number of para-hydroxylation sites is 1. The summed E-state index contributed by atoms with van der Waals surface area (Å²) >= 11 is 0. The predicted octanol–water partition coefficient (Wildman–Crippen LogP) is 2.57. The minimum Gasteiger partial charge on any atom is -0.478 e. The molecule has 0 unspecified atom stereocenters. The van der Waals surface area contributed by atoms with Gasteiger partial charge in [-0.25, -0.2) is 9.18 Å². The molecule has 0 spiro atoms. The number of rotatable bonds is 4. The molecule has 0 bridgehead atoms. The molecule has 106 valence electrons. The average Bonchev–Trinajstić information content (AvgIpc) is 2.47. The highest BCUT2D eigenvalue weighted by molar-refractivity contribution is 6.05. The highest BCUT2D eigenvalue weighted by Crippen LogP contribution is 2.15. The Bertz CT molecular complexity index is 714. The zero-order chi connectivity index (χ0) is 15.2. The van der Waals surface area contributed by atoms with Gasteiger partial charge in [-0.2, -0.15) is 0 Å². The van der Waals surface area contributed by atoms with Gasteiger partial charge in [0, 0.05) is 17.8 Å². The Balaban J connectivity index is 2.28. The summed E-state index contributed by atoms with van der Waals surface area (Å²) in [5.74, 6) is -2.32. The second kappa shape index (κ2) is 6.42. The van der Waals surface area contributed by atoms with Crippen molar-refractivity contribution in [1.29, 1.82) is 0 Å². The molecule has 1 aromatic carbocycles. The van der Waals surface area contributed by atoms with Crippen molar-refractivity contribution in [2.75, 3.05) is 5.32 Å². The van der Waals surface area contributed by atoms with Crippen LogP contribution in [0.15, 0.2) is 48.7 Å². The molecule has 0 radical (unpaired) electrons. The number of carboxylic acids is 1. The maximum Gasteiger partial charge on any atom is 0.328 e. The first kappa shape index (κ1) is 14.4. The van der Waals surface area contributed by atoms with Gasteiger partial charge in [0.1, 0.15) is 11.5 Å². The van der Waals surface area contributed by atoms with Crippen molar-refractivity contribution >= 4 is 23.6 Å². The lowest BCUT2D eigenvalue weighted by Crippen LogP contribution is -2.16. The van der Waals surface area contributed by atoms with Crippen molar-refractivity contribution in [2.24, 2.45) is 0 Å². The zero-order valence-electron chi connectivity index (χ0n) is 10.8. The molecule has 2 aromatic rings. The van der Waals surface area contributed by atoms with Crippen molar-refractivity contribution in [2.45, 2.75) is 0 Å². The Labute approximate surface area is 119 Å². The van der Waals surface area contributed by atoms with Gasteiger partial charge in [-0.05, 0) is 24.3 Å². The standard InChI is InChI=1S/C15H11FN2O3/c16-11-5-1-2-6-12(11)18-15(21)14-10(4-3-9-17-14)7-8-13(19)20/h1-9H,(H,18,21)(H,19,20)/b8-7+. The second-order valence-electron chi connectivity index (χ2n) is 4.05. The summed E-state index contributed by atoms with van der Waals surface area (Å²) in [6, 6.07) is 8.85. The van der Waals surface area contributed by atoms with E-state index in [-0.39, 0.29) is 11.4 Å². The minimum absolute atomic E-state index is 0.0123. The van der Waals surface area contributed by atoms with E-state index in [1.54, 1.807) is 18.2 Å². The Kier molecular flexibility index (Phi) is 4.40. The van der Waals surface area contributed by atoms with Crippen molar-refractivity contribution in [3.63, 3.8) is 0 Å². The molecule has 2 rings (SSSR count). The number of aliphatic carboxylic acids is 1. The smallest absolute Gasteiger partial charge is 0.328 e. The van der Waals surface area contributed by atoms with E-state index in [1.165, 1.54) is 30.5 Å². The van der Waals surface area contributed by atoms with Crippen LogP contribution in [0.2, 0.25) is 0 Å². The van der Waals surface area contributed by atoms with Crippen molar-refractivity contribution < 1.29 is 19.1 Å². The van der Waals surface area contributed by atoms with E-state index in [2.05, 4.69) is 10.3 Å². The van der Waals surface area contributed by atoms with Gasteiger partial charge in [0.05, 0.1) is 5.69 Å². The third-order valence-electron chi connectivity index (χ3n) is 2.58. The Hall–Kier alpha value is -3.02. The van der Waals surface area contributed by atoms with E-state index in [1.807, 2.05) is 0 Å². The summed E-state index contributed by atoms with van der Waals surface area (Å²) in [4.78, 5) is 26.5. The molecule has 0 aliphatic rings. The largest absolute Gasteiger partial charge is 0.478 e. The normalized spacial score (nSPS) is 10.5. The molecule has 1 heterocycles. The summed E-state index contributed by atoms with van der Waals surface area (Å²) in [6.45, 7) is 0. The van der Waals surface area contributed by atoms with Gasteiger partial charge in [0.2, 0.25) is 0 Å². The van der Waals surface area contributed by atoms with Gasteiger partial charge >= 0.3 is 5.97 Å². The third kappa shape index (κ3) is 3.73. The molecule has 5 nitrogen and oxygen atoms in total. The van der Waals surface area contributed by atoms with E-state index >= 15 is 0 Å². The SMILES string of the molecule is O=C(O)/C=C/c1cccnc1C(=O)Nc1ccccc1F. The van der Waals surface area contributed by atoms with Gasteiger partial charge < -0.3 is 10.4 Å². The van der Waals surface area contributed by atoms with E-state index in [0.717, 1.165) is 6.08 Å². The molecule has 2 N–H and O–H groups in total. The summed E-state index contributed by atoms with van der Waals surface area (Å²) in [5.41, 5.74) is 0.369. The molecular weight excluding hydrogens is 275 g/mol. The van der Waals surface area contributed by atoms with Crippen LogP contribution in [-0.2, 0) is 4.79 Å². The monoisotopic (exact) mass is 286 g/mol. The highest BCUT2D eigenvalue weighted by Gasteiger charge is 2.13. The zero-order valence-corrected chi connectivity index (χ0v) is 10.8. The van der Waals surface area contributed by atoms with Crippen LogP contribution in [0.3, 0.4) is 0 Å². The molecular formula is C15H11FN2O3. The molecule has 0 atom stereocenters. The number of benzene rings is 1. The van der Waals surface area contributed by atoms with Gasteiger partial charge in [-0.15, -0.1) is 0 Å². The first-order valence-electron chi connectivity index (χ1n) is 6.00. The van der Waals surface area contributed by atoms with E-state index in [9.17, 15) is 14.0 Å². The Morgan fingerprint density at radius 1 is 1.19 bits per heavy atom. The van der Waals surface area contributed by atoms with Crippen LogP contribution in [0, 0.1) is 5.82 Å². The van der Waals surface area contributed by atoms with Gasteiger partial charge in [0.25, 0.3) is 5.91 Å². The van der Waals surface area contributed by atoms with Gasteiger partial charge in [-0.1, -0.05) is 18.2 Å². The first-order valence-corrected chi connectivity index (χ1v) is 6.00. The number of carbonyl (C=O) groups excluding carboxylic acids is 1. The minimum atomic E-state index is -1.14. The number of carbonyl (C=O) groups is 2. The molecule has 0 saturated carbocycles. The first-order chi connectivity index (χ1) is 10.1. The fourth-order valence-electron chi connectivity index (χ4n) is 1.65. The van der Waals surface area contributed by atoms with Gasteiger partial charge in [-0.3, -0.25) is 9.78 Å². The Morgan fingerprint density at radius 2 is 1.95 bits per heavy atom. The number of pyridine rings is 1. The van der Waals surface area contributed by atoms with Crippen molar-refractivity contribution in [3.8, 4) is 0 Å². The number of nitrogens with one attached hydrogen (secondary N) is 1. The maximum atomic E-state index is 13.5. The van der Waals surface area contributed by atoms with Crippen LogP contribution < -0.4 is 5.32 Å². The fourth-order valence-corrected chi connectivity index (χ4v) is 1.65. The lowest BCUT2D eigenvalue weighted by Gasteiger charge is -2.07. The molecule has 1 aromatic heterocycles. The number of amides is 1. The van der Waals surface area contributed by atoms with Crippen LogP contribution in [0.1, 0.15) is 16.1 Å². The van der Waals surface area contributed by atoms with E-state index in [4.69, 9.17) is 5.11 Å². The fraction of sp³-hybridized carbons (Fsp3) is 0. The van der Waals surface area contributed by atoms with Gasteiger partial charge in [0.15, 0.2) is 0 Å². The second-order valence-corrected chi connectivity index (χ2v) is 4.05. The number of hydrogen-bond acceptors (Lipinski definition) is 3. The number of anilines is 1. The quantitative estimate of drug-likeness (QED) is 0.847. The number of hydrogen-bond donors (Lipinski definition) is 2. The number of carboxylic acid groups (broad SMARTS) is 1. The van der Waals surface area contributed by atoms with Crippen molar-refractivity contribution in [3.05, 3.63) is 65.7 Å². The van der Waals surface area contributed by atoms with Crippen LogP contribution in [-0.4, -0.2) is 22.0 Å². The van der Waals surface area contributed by atoms with Crippen LogP contribution in [0.4, 0.5) is 10.1 Å².